The minimum absolute atomic E-state index is 0.0408. The molecule has 3 nitrogen and oxygen atoms in total. The summed E-state index contributed by atoms with van der Waals surface area (Å²) in [7, 11) is 0. The number of amides is 1. The number of nitrogens with one attached hydrogen (secondary N) is 1. The van der Waals surface area contributed by atoms with Crippen LogP contribution in [0.1, 0.15) is 23.1 Å². The van der Waals surface area contributed by atoms with E-state index in [0.717, 1.165) is 51.9 Å². The van der Waals surface area contributed by atoms with Gasteiger partial charge in [-0.25, -0.2) is 0 Å². The van der Waals surface area contributed by atoms with E-state index < -0.39 is 0 Å². The minimum atomic E-state index is -0.0502. The first-order valence-corrected chi connectivity index (χ1v) is 11.2. The lowest BCUT2D eigenvalue weighted by Gasteiger charge is -2.17. The molecule has 4 aromatic carbocycles. The van der Waals surface area contributed by atoms with Crippen LogP contribution in [-0.4, -0.2) is 11.0 Å². The van der Waals surface area contributed by atoms with Crippen molar-refractivity contribution in [3.63, 3.8) is 0 Å². The van der Waals surface area contributed by atoms with Crippen molar-refractivity contribution in [1.29, 1.82) is 0 Å². The third kappa shape index (κ3) is 4.64. The molecule has 4 aromatic rings. The third-order valence-corrected chi connectivity index (χ3v) is 6.15. The van der Waals surface area contributed by atoms with Crippen molar-refractivity contribution in [2.24, 2.45) is 0 Å². The van der Waals surface area contributed by atoms with Crippen molar-refractivity contribution in [3.8, 4) is 22.3 Å². The van der Waals surface area contributed by atoms with Gasteiger partial charge in [-0.2, -0.15) is 0 Å². The summed E-state index contributed by atoms with van der Waals surface area (Å²) in [5.41, 5.74) is 9.35. The number of carbonyl (C=O) groups excluding carboxylic acids is 1. The van der Waals surface area contributed by atoms with Gasteiger partial charge in [-0.1, -0.05) is 78.9 Å². The Labute approximate surface area is 194 Å². The fourth-order valence-corrected chi connectivity index (χ4v) is 4.24. The summed E-state index contributed by atoms with van der Waals surface area (Å²) in [6.45, 7) is 0.0408. The lowest BCUT2D eigenvalue weighted by molar-refractivity contribution is -0.112. The molecule has 162 valence electrons. The summed E-state index contributed by atoms with van der Waals surface area (Å²) in [5, 5.41) is 12.2. The first-order valence-electron chi connectivity index (χ1n) is 11.2. The van der Waals surface area contributed by atoms with Crippen LogP contribution in [0.25, 0.3) is 28.3 Å². The highest BCUT2D eigenvalue weighted by Gasteiger charge is 2.17. The maximum Gasteiger partial charge on any atom is 0.251 e. The van der Waals surface area contributed by atoms with Gasteiger partial charge in [-0.05, 0) is 76.1 Å². The number of anilines is 1. The van der Waals surface area contributed by atoms with Crippen LogP contribution < -0.4 is 5.32 Å². The highest BCUT2D eigenvalue weighted by Crippen LogP contribution is 2.30. The summed E-state index contributed by atoms with van der Waals surface area (Å²) in [6, 6.07) is 32.5. The Morgan fingerprint density at radius 2 is 1.36 bits per heavy atom. The van der Waals surface area contributed by atoms with Gasteiger partial charge in [0.1, 0.15) is 0 Å². The van der Waals surface area contributed by atoms with Crippen molar-refractivity contribution in [1.82, 2.24) is 0 Å². The lowest BCUT2D eigenvalue weighted by Crippen LogP contribution is -2.17. The molecule has 0 aromatic heterocycles. The Bertz CT molecular complexity index is 1300. The van der Waals surface area contributed by atoms with Crippen LogP contribution >= 0.6 is 0 Å². The summed E-state index contributed by atoms with van der Waals surface area (Å²) < 4.78 is 0. The van der Waals surface area contributed by atoms with Crippen LogP contribution in [0.5, 0.6) is 0 Å². The first kappa shape index (κ1) is 20.9. The lowest BCUT2D eigenvalue weighted by atomic mass is 9.89. The van der Waals surface area contributed by atoms with Crippen molar-refractivity contribution < 1.29 is 9.90 Å². The summed E-state index contributed by atoms with van der Waals surface area (Å²) in [6.07, 6.45) is 3.63. The molecule has 3 heteroatoms. The number of hydrogen-bond donors (Lipinski definition) is 2. The Balaban J connectivity index is 1.31. The van der Waals surface area contributed by atoms with E-state index in [1.54, 1.807) is 0 Å². The fourth-order valence-electron chi connectivity index (χ4n) is 4.24. The SMILES string of the molecule is O=C(Nc1ccc(-c2ccc(CO)cc2)cc1)C1=Cc2cc(-c3ccccc3)ccc2CC1. The van der Waals surface area contributed by atoms with Crippen LogP contribution in [0.2, 0.25) is 0 Å². The number of aliphatic hydroxyl groups is 1. The number of aryl methyl sites for hydroxylation is 1. The molecular formula is C30H25NO2. The fraction of sp³-hybridized carbons (Fsp3) is 0.100. The highest BCUT2D eigenvalue weighted by atomic mass is 16.3. The van der Waals surface area contributed by atoms with Gasteiger partial charge in [0, 0.05) is 11.3 Å². The smallest absolute Gasteiger partial charge is 0.251 e. The van der Waals surface area contributed by atoms with Gasteiger partial charge in [0.05, 0.1) is 6.61 Å². The second-order valence-corrected chi connectivity index (χ2v) is 8.34. The molecular weight excluding hydrogens is 406 g/mol. The number of aliphatic hydroxyl groups excluding tert-OH is 1. The second-order valence-electron chi connectivity index (χ2n) is 8.34. The largest absolute Gasteiger partial charge is 0.392 e. The molecule has 0 heterocycles. The molecule has 1 aliphatic rings. The molecule has 33 heavy (non-hydrogen) atoms. The zero-order valence-electron chi connectivity index (χ0n) is 18.3. The maximum absolute atomic E-state index is 13.0. The van der Waals surface area contributed by atoms with Gasteiger partial charge < -0.3 is 10.4 Å². The van der Waals surface area contributed by atoms with Gasteiger partial charge in [0.2, 0.25) is 0 Å². The number of fused-ring (bicyclic) bond motifs is 1. The van der Waals surface area contributed by atoms with Crippen LogP contribution in [-0.2, 0) is 17.8 Å². The monoisotopic (exact) mass is 431 g/mol. The zero-order chi connectivity index (χ0) is 22.6. The van der Waals surface area contributed by atoms with Crippen molar-refractivity contribution in [2.45, 2.75) is 19.4 Å². The van der Waals surface area contributed by atoms with Gasteiger partial charge >= 0.3 is 0 Å². The molecule has 0 radical (unpaired) electrons. The molecule has 0 spiro atoms. The molecule has 0 unspecified atom stereocenters. The first-order chi connectivity index (χ1) is 16.2. The molecule has 0 saturated heterocycles. The molecule has 0 saturated carbocycles. The normalized spacial score (nSPS) is 12.6. The van der Waals surface area contributed by atoms with E-state index in [9.17, 15) is 9.90 Å². The molecule has 0 fully saturated rings. The van der Waals surface area contributed by atoms with E-state index in [2.05, 4.69) is 35.6 Å². The molecule has 0 bridgehead atoms. The topological polar surface area (TPSA) is 49.3 Å². The van der Waals surface area contributed by atoms with Gasteiger partial charge in [0.25, 0.3) is 5.91 Å². The Hall–Kier alpha value is -3.95. The van der Waals surface area contributed by atoms with Crippen LogP contribution in [0.3, 0.4) is 0 Å². The molecule has 1 aliphatic carbocycles. The zero-order valence-corrected chi connectivity index (χ0v) is 18.3. The van der Waals surface area contributed by atoms with E-state index in [4.69, 9.17) is 0 Å². The Kier molecular flexibility index (Phi) is 5.88. The van der Waals surface area contributed by atoms with Gasteiger partial charge in [-0.15, -0.1) is 0 Å². The Morgan fingerprint density at radius 1 is 0.727 bits per heavy atom. The predicted octanol–water partition coefficient (Wildman–Crippen LogP) is 6.48. The third-order valence-electron chi connectivity index (χ3n) is 6.15. The molecule has 5 rings (SSSR count). The standard InChI is InChI=1S/C30H25NO2/c32-20-21-6-8-23(9-7-21)24-14-16-29(17-15-24)31-30(33)27-13-11-25-10-12-26(18-28(25)19-27)22-4-2-1-3-5-22/h1-10,12,14-19,32H,11,13,20H2,(H,31,33). The average molecular weight is 432 g/mol. The quantitative estimate of drug-likeness (QED) is 0.380. The van der Waals surface area contributed by atoms with Gasteiger partial charge in [0.15, 0.2) is 0 Å². The minimum Gasteiger partial charge on any atom is -0.392 e. The van der Waals surface area contributed by atoms with E-state index in [-0.39, 0.29) is 12.5 Å². The maximum atomic E-state index is 13.0. The predicted molar refractivity (Wildman–Crippen MR) is 135 cm³/mol. The van der Waals surface area contributed by atoms with Crippen molar-refractivity contribution in [3.05, 3.63) is 119 Å². The number of hydrogen-bond acceptors (Lipinski definition) is 2. The second kappa shape index (κ2) is 9.27. The Morgan fingerprint density at radius 3 is 2.06 bits per heavy atom. The molecule has 0 aliphatic heterocycles. The van der Waals surface area contributed by atoms with Crippen LogP contribution in [0, 0.1) is 0 Å². The van der Waals surface area contributed by atoms with Crippen molar-refractivity contribution >= 4 is 17.7 Å². The average Bonchev–Trinajstić information content (AvgIpc) is 2.89. The van der Waals surface area contributed by atoms with Crippen molar-refractivity contribution in [2.75, 3.05) is 5.32 Å². The van der Waals surface area contributed by atoms with E-state index >= 15 is 0 Å². The van der Waals surface area contributed by atoms with E-state index in [1.165, 1.54) is 11.1 Å². The van der Waals surface area contributed by atoms with Gasteiger partial charge in [-0.3, -0.25) is 4.79 Å². The number of carbonyl (C=O) groups is 1. The van der Waals surface area contributed by atoms with Crippen LogP contribution in [0.15, 0.2) is 103 Å². The van der Waals surface area contributed by atoms with Crippen LogP contribution in [0.4, 0.5) is 5.69 Å². The highest BCUT2D eigenvalue weighted by molar-refractivity contribution is 6.07. The summed E-state index contributed by atoms with van der Waals surface area (Å²) in [5.74, 6) is -0.0502. The van der Waals surface area contributed by atoms with E-state index in [1.807, 2.05) is 72.8 Å². The molecule has 0 atom stereocenters. The summed E-state index contributed by atoms with van der Waals surface area (Å²) >= 11 is 0. The number of benzene rings is 4. The summed E-state index contributed by atoms with van der Waals surface area (Å²) in [4.78, 5) is 13.0. The molecule has 2 N–H and O–H groups in total. The van der Waals surface area contributed by atoms with E-state index in [0.29, 0.717) is 0 Å². The molecule has 1 amide bonds. The number of rotatable bonds is 5.